The molecule has 0 radical (unpaired) electrons. The van der Waals surface area contributed by atoms with Gasteiger partial charge in [-0.05, 0) is 25.1 Å². The van der Waals surface area contributed by atoms with E-state index in [2.05, 4.69) is 21.4 Å². The normalized spacial score (nSPS) is 9.86. The summed E-state index contributed by atoms with van der Waals surface area (Å²) in [5, 5.41) is 0. The van der Waals surface area contributed by atoms with Gasteiger partial charge in [-0.25, -0.2) is 5.48 Å². The van der Waals surface area contributed by atoms with E-state index in [1.807, 2.05) is 0 Å². The average molecular weight is 259 g/mol. The van der Waals surface area contributed by atoms with Gasteiger partial charge in [-0.1, -0.05) is 15.9 Å². The zero-order valence-electron chi connectivity index (χ0n) is 7.71. The third-order valence-electron chi connectivity index (χ3n) is 1.57. The lowest BCUT2D eigenvalue weighted by Crippen LogP contribution is -2.24. The zero-order chi connectivity index (χ0) is 10.6. The van der Waals surface area contributed by atoms with Crippen LogP contribution >= 0.6 is 15.9 Å². The molecule has 0 aliphatic heterocycles. The van der Waals surface area contributed by atoms with E-state index in [1.54, 1.807) is 25.1 Å². The lowest BCUT2D eigenvalue weighted by atomic mass is 10.2. The molecule has 14 heavy (non-hydrogen) atoms. The molecule has 0 saturated heterocycles. The summed E-state index contributed by atoms with van der Waals surface area (Å²) in [4.78, 5) is 16.2. The molecule has 0 unspecified atom stereocenters. The van der Waals surface area contributed by atoms with E-state index < -0.39 is 0 Å². The summed E-state index contributed by atoms with van der Waals surface area (Å²) in [7, 11) is 0. The van der Waals surface area contributed by atoms with Crippen molar-refractivity contribution < 1.29 is 9.63 Å². The van der Waals surface area contributed by atoms with Crippen LogP contribution in [0.4, 0.5) is 5.69 Å². The van der Waals surface area contributed by atoms with Gasteiger partial charge in [-0.2, -0.15) is 0 Å². The maximum Gasteiger partial charge on any atom is 0.276 e. The molecule has 0 atom stereocenters. The fraction of sp³-hybridized carbons (Fsp3) is 0.222. The second-order valence-corrected chi connectivity index (χ2v) is 3.51. The van der Waals surface area contributed by atoms with Gasteiger partial charge in [0.1, 0.15) is 0 Å². The molecule has 0 aliphatic carbocycles. The molecule has 0 bridgehead atoms. The van der Waals surface area contributed by atoms with Gasteiger partial charge < -0.3 is 5.73 Å². The first kappa shape index (κ1) is 11.0. The van der Waals surface area contributed by atoms with E-state index >= 15 is 0 Å². The van der Waals surface area contributed by atoms with Crippen LogP contribution in [-0.4, -0.2) is 12.5 Å². The number of carbonyl (C=O) groups is 1. The van der Waals surface area contributed by atoms with Crippen molar-refractivity contribution in [2.75, 3.05) is 12.3 Å². The molecule has 1 aromatic carbocycles. The minimum absolute atomic E-state index is 0.336. The van der Waals surface area contributed by atoms with Gasteiger partial charge in [-0.3, -0.25) is 9.63 Å². The van der Waals surface area contributed by atoms with Gasteiger partial charge in [0, 0.05) is 10.2 Å². The summed E-state index contributed by atoms with van der Waals surface area (Å²) >= 11 is 3.26. The van der Waals surface area contributed by atoms with E-state index in [9.17, 15) is 4.79 Å². The lowest BCUT2D eigenvalue weighted by molar-refractivity contribution is 0.0365. The van der Waals surface area contributed by atoms with Gasteiger partial charge >= 0.3 is 0 Å². The van der Waals surface area contributed by atoms with Crippen LogP contribution in [0.1, 0.15) is 17.3 Å². The maximum absolute atomic E-state index is 11.4. The Kier molecular flexibility index (Phi) is 3.91. The molecule has 0 saturated carbocycles. The molecular formula is C9H11BrN2O2. The molecule has 1 aromatic rings. The van der Waals surface area contributed by atoms with Crippen molar-refractivity contribution >= 4 is 27.5 Å². The zero-order valence-corrected chi connectivity index (χ0v) is 9.30. The van der Waals surface area contributed by atoms with Crippen LogP contribution in [0.5, 0.6) is 0 Å². The highest BCUT2D eigenvalue weighted by molar-refractivity contribution is 9.10. The Morgan fingerprint density at radius 3 is 2.93 bits per heavy atom. The Bertz CT molecular complexity index is 342. The first-order chi connectivity index (χ1) is 6.65. The van der Waals surface area contributed by atoms with Crippen molar-refractivity contribution in [2.24, 2.45) is 0 Å². The third kappa shape index (κ3) is 2.71. The van der Waals surface area contributed by atoms with Crippen LogP contribution < -0.4 is 11.2 Å². The Morgan fingerprint density at radius 2 is 2.36 bits per heavy atom. The Morgan fingerprint density at radius 1 is 1.64 bits per heavy atom. The number of nitrogens with two attached hydrogens (primary N) is 1. The van der Waals surface area contributed by atoms with Gasteiger partial charge in [0.2, 0.25) is 0 Å². The molecule has 0 aliphatic rings. The number of hydrogen-bond acceptors (Lipinski definition) is 3. The number of anilines is 1. The molecule has 5 heteroatoms. The van der Waals surface area contributed by atoms with E-state index in [1.165, 1.54) is 0 Å². The molecule has 0 spiro atoms. The second kappa shape index (κ2) is 4.97. The predicted molar refractivity (Wildman–Crippen MR) is 57.6 cm³/mol. The number of hydroxylamine groups is 1. The number of amides is 1. The van der Waals surface area contributed by atoms with Crippen molar-refractivity contribution in [2.45, 2.75) is 6.92 Å². The Labute approximate surface area is 90.5 Å². The summed E-state index contributed by atoms with van der Waals surface area (Å²) < 4.78 is 0.836. The van der Waals surface area contributed by atoms with Crippen LogP contribution in [-0.2, 0) is 4.84 Å². The van der Waals surface area contributed by atoms with Crippen molar-refractivity contribution in [3.63, 3.8) is 0 Å². The lowest BCUT2D eigenvalue weighted by Gasteiger charge is -2.06. The quantitative estimate of drug-likeness (QED) is 0.641. The van der Waals surface area contributed by atoms with Crippen LogP contribution in [0.3, 0.4) is 0 Å². The highest BCUT2D eigenvalue weighted by atomic mass is 79.9. The van der Waals surface area contributed by atoms with Gasteiger partial charge in [-0.15, -0.1) is 0 Å². The molecule has 1 amide bonds. The average Bonchev–Trinajstić information content (AvgIpc) is 2.14. The summed E-state index contributed by atoms with van der Waals surface area (Å²) in [6.07, 6.45) is 0. The number of halogens is 1. The number of nitrogen functional groups attached to an aromatic ring is 1. The highest BCUT2D eigenvalue weighted by Gasteiger charge is 2.08. The number of nitrogens with one attached hydrogen (secondary N) is 1. The van der Waals surface area contributed by atoms with Gasteiger partial charge in [0.15, 0.2) is 0 Å². The fourth-order valence-electron chi connectivity index (χ4n) is 0.933. The van der Waals surface area contributed by atoms with Crippen LogP contribution in [0, 0.1) is 0 Å². The molecule has 76 valence electrons. The largest absolute Gasteiger partial charge is 0.398 e. The third-order valence-corrected chi connectivity index (χ3v) is 2.06. The van der Waals surface area contributed by atoms with Crippen molar-refractivity contribution in [1.82, 2.24) is 5.48 Å². The minimum Gasteiger partial charge on any atom is -0.398 e. The SMILES string of the molecule is CCONC(=O)c1ccc(Br)cc1N. The number of benzene rings is 1. The topological polar surface area (TPSA) is 64.3 Å². The molecule has 3 N–H and O–H groups in total. The summed E-state index contributed by atoms with van der Waals surface area (Å²) in [6.45, 7) is 2.20. The molecule has 0 aromatic heterocycles. The van der Waals surface area contributed by atoms with E-state index in [0.29, 0.717) is 17.9 Å². The van der Waals surface area contributed by atoms with Gasteiger partial charge in [0.25, 0.3) is 5.91 Å². The monoisotopic (exact) mass is 258 g/mol. The Hall–Kier alpha value is -1.07. The maximum atomic E-state index is 11.4. The predicted octanol–water partition coefficient (Wildman–Crippen LogP) is 1.71. The molecule has 4 nitrogen and oxygen atoms in total. The summed E-state index contributed by atoms with van der Waals surface area (Å²) in [6, 6.07) is 5.05. The van der Waals surface area contributed by atoms with Crippen LogP contribution in [0.2, 0.25) is 0 Å². The number of hydrogen-bond donors (Lipinski definition) is 2. The van der Waals surface area contributed by atoms with Crippen molar-refractivity contribution in [3.8, 4) is 0 Å². The van der Waals surface area contributed by atoms with E-state index in [4.69, 9.17) is 10.6 Å². The fourth-order valence-corrected chi connectivity index (χ4v) is 1.31. The smallest absolute Gasteiger partial charge is 0.276 e. The van der Waals surface area contributed by atoms with E-state index in [-0.39, 0.29) is 5.91 Å². The highest BCUT2D eigenvalue weighted by Crippen LogP contribution is 2.18. The summed E-state index contributed by atoms with van der Waals surface area (Å²) in [5.74, 6) is -0.336. The van der Waals surface area contributed by atoms with Crippen LogP contribution in [0.25, 0.3) is 0 Å². The number of carbonyl (C=O) groups excluding carboxylic acids is 1. The summed E-state index contributed by atoms with van der Waals surface area (Å²) in [5.41, 5.74) is 8.74. The van der Waals surface area contributed by atoms with E-state index in [0.717, 1.165) is 4.47 Å². The molecule has 1 rings (SSSR count). The van der Waals surface area contributed by atoms with Crippen molar-refractivity contribution in [1.29, 1.82) is 0 Å². The first-order valence-electron chi connectivity index (χ1n) is 4.12. The minimum atomic E-state index is -0.336. The first-order valence-corrected chi connectivity index (χ1v) is 4.91. The Balaban J connectivity index is 2.80. The molecule has 0 fully saturated rings. The molecule has 0 heterocycles. The van der Waals surface area contributed by atoms with Gasteiger partial charge in [0.05, 0.1) is 12.2 Å². The van der Waals surface area contributed by atoms with Crippen molar-refractivity contribution in [3.05, 3.63) is 28.2 Å². The standard InChI is InChI=1S/C9H11BrN2O2/c1-2-14-12-9(13)7-4-3-6(10)5-8(7)11/h3-5H,2,11H2,1H3,(H,12,13). The second-order valence-electron chi connectivity index (χ2n) is 2.60. The van der Waals surface area contributed by atoms with Crippen LogP contribution in [0.15, 0.2) is 22.7 Å². The molecular weight excluding hydrogens is 248 g/mol. The number of rotatable bonds is 3.